The van der Waals surface area contributed by atoms with E-state index in [-0.39, 0.29) is 0 Å². The van der Waals surface area contributed by atoms with E-state index in [1.165, 1.54) is 10.6 Å². The molecule has 1 saturated heterocycles. The number of sulfonamides is 1. The van der Waals surface area contributed by atoms with Crippen LogP contribution in [0.2, 0.25) is 0 Å². The van der Waals surface area contributed by atoms with Crippen molar-refractivity contribution >= 4 is 15.8 Å². The van der Waals surface area contributed by atoms with E-state index in [1.807, 2.05) is 26.0 Å². The van der Waals surface area contributed by atoms with Gasteiger partial charge in [-0.1, -0.05) is 0 Å². The summed E-state index contributed by atoms with van der Waals surface area (Å²) in [6.07, 6.45) is 4.72. The second-order valence-electron chi connectivity index (χ2n) is 5.97. The lowest BCUT2D eigenvalue weighted by Gasteiger charge is -2.35. The Morgan fingerprint density at radius 3 is 2.38 bits per heavy atom. The quantitative estimate of drug-likeness (QED) is 0.831. The van der Waals surface area contributed by atoms with E-state index in [0.717, 1.165) is 22.6 Å². The Morgan fingerprint density at radius 1 is 1.08 bits per heavy atom. The van der Waals surface area contributed by atoms with Crippen molar-refractivity contribution in [3.05, 3.63) is 35.8 Å². The lowest BCUT2D eigenvalue weighted by atomic mass is 10.2. The minimum atomic E-state index is -3.14. The molecule has 0 amide bonds. The summed E-state index contributed by atoms with van der Waals surface area (Å²) in [5, 5.41) is 0. The summed E-state index contributed by atoms with van der Waals surface area (Å²) < 4.78 is 24.8. The maximum absolute atomic E-state index is 11.7. The van der Waals surface area contributed by atoms with Crippen LogP contribution in [0.25, 0.3) is 11.4 Å². The van der Waals surface area contributed by atoms with Gasteiger partial charge in [-0.25, -0.2) is 18.4 Å². The van der Waals surface area contributed by atoms with Gasteiger partial charge in [-0.2, -0.15) is 4.31 Å². The topological polar surface area (TPSA) is 79.3 Å². The fraction of sp³-hybridized carbons (Fsp3) is 0.438. The summed E-state index contributed by atoms with van der Waals surface area (Å²) in [5.74, 6) is 1.52. The smallest absolute Gasteiger partial charge is 0.211 e. The third-order valence-corrected chi connectivity index (χ3v) is 5.59. The van der Waals surface area contributed by atoms with Crippen molar-refractivity contribution in [2.45, 2.75) is 13.8 Å². The zero-order valence-electron chi connectivity index (χ0n) is 14.1. The summed E-state index contributed by atoms with van der Waals surface area (Å²) in [7, 11) is -3.14. The van der Waals surface area contributed by atoms with Gasteiger partial charge in [0, 0.05) is 55.4 Å². The van der Waals surface area contributed by atoms with Crippen LogP contribution < -0.4 is 4.90 Å². The van der Waals surface area contributed by atoms with Crippen LogP contribution in [0.4, 0.5) is 5.82 Å². The highest BCUT2D eigenvalue weighted by Gasteiger charge is 2.25. The van der Waals surface area contributed by atoms with Crippen LogP contribution >= 0.6 is 0 Å². The van der Waals surface area contributed by atoms with Crippen LogP contribution in [-0.4, -0.2) is 60.1 Å². The molecular weight excluding hydrogens is 326 g/mol. The summed E-state index contributed by atoms with van der Waals surface area (Å²) in [4.78, 5) is 15.5. The van der Waals surface area contributed by atoms with Crippen LogP contribution in [0.15, 0.2) is 24.5 Å². The first-order chi connectivity index (χ1) is 11.4. The summed E-state index contributed by atoms with van der Waals surface area (Å²) in [6.45, 7) is 6.16. The number of pyridine rings is 1. The largest absolute Gasteiger partial charge is 0.354 e. The molecule has 0 N–H and O–H groups in total. The van der Waals surface area contributed by atoms with Crippen LogP contribution in [0.3, 0.4) is 0 Å². The molecule has 1 aliphatic rings. The molecule has 7 nitrogen and oxygen atoms in total. The number of hydrogen-bond acceptors (Lipinski definition) is 6. The Morgan fingerprint density at radius 2 is 1.79 bits per heavy atom. The van der Waals surface area contributed by atoms with E-state index in [2.05, 4.69) is 14.9 Å². The maximum Gasteiger partial charge on any atom is 0.211 e. The highest BCUT2D eigenvalue weighted by molar-refractivity contribution is 7.88. The van der Waals surface area contributed by atoms with Crippen molar-refractivity contribution in [1.82, 2.24) is 19.3 Å². The average Bonchev–Trinajstić information content (AvgIpc) is 2.57. The fourth-order valence-electron chi connectivity index (χ4n) is 2.78. The number of aryl methyl sites for hydroxylation is 1. The molecule has 24 heavy (non-hydrogen) atoms. The second kappa shape index (κ2) is 6.45. The molecule has 2 aromatic heterocycles. The van der Waals surface area contributed by atoms with Gasteiger partial charge in [-0.15, -0.1) is 0 Å². The van der Waals surface area contributed by atoms with Gasteiger partial charge in [-0.3, -0.25) is 4.98 Å². The zero-order chi connectivity index (χ0) is 17.3. The maximum atomic E-state index is 11.7. The molecule has 1 fully saturated rings. The number of nitrogens with zero attached hydrogens (tertiary/aromatic N) is 5. The van der Waals surface area contributed by atoms with Crippen molar-refractivity contribution in [3.8, 4) is 11.4 Å². The molecule has 128 valence electrons. The number of hydrogen-bond donors (Lipinski definition) is 0. The van der Waals surface area contributed by atoms with Gasteiger partial charge >= 0.3 is 0 Å². The number of aromatic nitrogens is 3. The van der Waals surface area contributed by atoms with Crippen LogP contribution in [0, 0.1) is 13.8 Å². The van der Waals surface area contributed by atoms with Crippen molar-refractivity contribution < 1.29 is 8.42 Å². The molecule has 0 aromatic carbocycles. The van der Waals surface area contributed by atoms with Gasteiger partial charge in [0.2, 0.25) is 10.0 Å². The minimum absolute atomic E-state index is 0.476. The monoisotopic (exact) mass is 347 g/mol. The average molecular weight is 347 g/mol. The van der Waals surface area contributed by atoms with Gasteiger partial charge < -0.3 is 4.90 Å². The molecule has 1 aliphatic heterocycles. The minimum Gasteiger partial charge on any atom is -0.354 e. The Hall–Kier alpha value is -2.06. The van der Waals surface area contributed by atoms with Gasteiger partial charge in [0.05, 0.1) is 6.26 Å². The molecule has 0 bridgehead atoms. The second-order valence-corrected chi connectivity index (χ2v) is 7.95. The SMILES string of the molecule is Cc1nc(-c2cccnc2)nc(N2CCN(S(C)(=O)=O)CC2)c1C. The summed E-state index contributed by atoms with van der Waals surface area (Å²) >= 11 is 0. The predicted octanol–water partition coefficient (Wildman–Crippen LogP) is 1.24. The van der Waals surface area contributed by atoms with Crippen LogP contribution in [0.1, 0.15) is 11.3 Å². The van der Waals surface area contributed by atoms with E-state index in [0.29, 0.717) is 32.0 Å². The Kier molecular flexibility index (Phi) is 4.51. The summed E-state index contributed by atoms with van der Waals surface area (Å²) in [5.41, 5.74) is 2.82. The van der Waals surface area contributed by atoms with Crippen molar-refractivity contribution in [3.63, 3.8) is 0 Å². The third-order valence-electron chi connectivity index (χ3n) is 4.29. The van der Waals surface area contributed by atoms with Gasteiger partial charge in [0.15, 0.2) is 5.82 Å². The van der Waals surface area contributed by atoms with E-state index < -0.39 is 10.0 Å². The summed E-state index contributed by atoms with van der Waals surface area (Å²) in [6, 6.07) is 3.79. The molecule has 0 aliphatic carbocycles. The number of anilines is 1. The first kappa shape index (κ1) is 16.8. The highest BCUT2D eigenvalue weighted by Crippen LogP contribution is 2.25. The van der Waals surface area contributed by atoms with Crippen LogP contribution in [0.5, 0.6) is 0 Å². The Balaban J connectivity index is 1.90. The standard InChI is InChI=1S/C16H21N5O2S/c1-12-13(2)18-15(14-5-4-6-17-11-14)19-16(12)20-7-9-21(10-8-20)24(3,22)23/h4-6,11H,7-10H2,1-3H3. The normalized spacial score (nSPS) is 16.4. The Bertz CT molecular complexity index is 831. The van der Waals surface area contributed by atoms with Crippen LogP contribution in [-0.2, 0) is 10.0 Å². The highest BCUT2D eigenvalue weighted by atomic mass is 32.2. The first-order valence-electron chi connectivity index (χ1n) is 7.82. The molecule has 0 radical (unpaired) electrons. The molecular formula is C16H21N5O2S. The molecule has 3 heterocycles. The third kappa shape index (κ3) is 3.39. The first-order valence-corrected chi connectivity index (χ1v) is 9.67. The Labute approximate surface area is 142 Å². The molecule has 8 heteroatoms. The van der Waals surface area contributed by atoms with Gasteiger partial charge in [0.1, 0.15) is 5.82 Å². The molecule has 0 unspecified atom stereocenters. The van der Waals surface area contributed by atoms with Crippen molar-refractivity contribution in [2.75, 3.05) is 37.3 Å². The van der Waals surface area contributed by atoms with Crippen molar-refractivity contribution in [2.24, 2.45) is 0 Å². The molecule has 2 aromatic rings. The van der Waals surface area contributed by atoms with E-state index in [4.69, 9.17) is 4.98 Å². The number of rotatable bonds is 3. The molecule has 0 spiro atoms. The van der Waals surface area contributed by atoms with Gasteiger partial charge in [-0.05, 0) is 26.0 Å². The van der Waals surface area contributed by atoms with Gasteiger partial charge in [0.25, 0.3) is 0 Å². The molecule has 0 atom stereocenters. The number of piperazine rings is 1. The van der Waals surface area contributed by atoms with Crippen molar-refractivity contribution in [1.29, 1.82) is 0 Å². The lowest BCUT2D eigenvalue weighted by Crippen LogP contribution is -2.48. The van der Waals surface area contributed by atoms with E-state index >= 15 is 0 Å². The van der Waals surface area contributed by atoms with E-state index in [1.54, 1.807) is 12.4 Å². The molecule has 0 saturated carbocycles. The predicted molar refractivity (Wildman–Crippen MR) is 93.4 cm³/mol. The lowest BCUT2D eigenvalue weighted by molar-refractivity contribution is 0.386. The molecule has 3 rings (SSSR count). The van der Waals surface area contributed by atoms with E-state index in [9.17, 15) is 8.42 Å². The zero-order valence-corrected chi connectivity index (χ0v) is 14.9. The fourth-order valence-corrected chi connectivity index (χ4v) is 3.60.